The standard InChI is InChI=1S/C28H37N3O2/c1-9-11-25(32-8)23(10-2)26-30-24(21-16-27(3,4)33-28(5,6)17-21)19-31(26)22-14-12-20(13-15-22)18-29-7/h9-15,18-19,21H,2,16-17H2,1,3-8H3/b11-9-,25-23-,29-18+. The van der Waals surface area contributed by atoms with E-state index in [1.807, 2.05) is 31.4 Å². The van der Waals surface area contributed by atoms with Gasteiger partial charge in [-0.3, -0.25) is 9.56 Å². The first-order valence-corrected chi connectivity index (χ1v) is 11.5. The van der Waals surface area contributed by atoms with E-state index in [9.17, 15) is 0 Å². The second-order valence-electron chi connectivity index (χ2n) is 9.75. The molecule has 0 radical (unpaired) electrons. The van der Waals surface area contributed by atoms with Crippen LogP contribution >= 0.6 is 0 Å². The maximum absolute atomic E-state index is 6.33. The Morgan fingerprint density at radius 2 is 1.82 bits per heavy atom. The number of imidazole rings is 1. The molecule has 1 fully saturated rings. The van der Waals surface area contributed by atoms with Crippen LogP contribution in [0.15, 0.2) is 66.0 Å². The predicted octanol–water partition coefficient (Wildman–Crippen LogP) is 6.49. The van der Waals surface area contributed by atoms with Gasteiger partial charge in [0.2, 0.25) is 0 Å². The summed E-state index contributed by atoms with van der Waals surface area (Å²) in [6, 6.07) is 8.30. The third-order valence-electron chi connectivity index (χ3n) is 5.87. The SMILES string of the molecule is C=C/C(=C(\C=C/C)OC)c1nc(C2CC(C)(C)OC(C)(C)C2)cn1-c1ccc(/C=N/C)cc1. The van der Waals surface area contributed by atoms with Crippen molar-refractivity contribution in [3.8, 4) is 5.69 Å². The summed E-state index contributed by atoms with van der Waals surface area (Å²) in [6.07, 6.45) is 11.6. The minimum Gasteiger partial charge on any atom is -0.496 e. The lowest BCUT2D eigenvalue weighted by molar-refractivity contribution is -0.162. The summed E-state index contributed by atoms with van der Waals surface area (Å²) in [4.78, 5) is 9.27. The maximum atomic E-state index is 6.33. The summed E-state index contributed by atoms with van der Waals surface area (Å²) in [5, 5.41) is 0. The van der Waals surface area contributed by atoms with Crippen LogP contribution in [0.3, 0.4) is 0 Å². The van der Waals surface area contributed by atoms with Gasteiger partial charge in [0.1, 0.15) is 11.6 Å². The molecule has 0 aliphatic carbocycles. The maximum Gasteiger partial charge on any atom is 0.148 e. The first-order valence-electron chi connectivity index (χ1n) is 11.5. The summed E-state index contributed by atoms with van der Waals surface area (Å²) in [7, 11) is 3.45. The van der Waals surface area contributed by atoms with Gasteiger partial charge in [-0.1, -0.05) is 30.9 Å². The molecule has 1 aromatic heterocycles. The van der Waals surface area contributed by atoms with Gasteiger partial charge in [-0.05, 0) is 71.2 Å². The fraction of sp³-hybridized carbons (Fsp3) is 0.429. The van der Waals surface area contributed by atoms with Gasteiger partial charge in [-0.2, -0.15) is 0 Å². The normalized spacial score (nSPS) is 19.1. The number of methoxy groups -OCH3 is 1. The molecule has 0 atom stereocenters. The molecule has 3 rings (SSSR count). The van der Waals surface area contributed by atoms with Crippen molar-refractivity contribution in [3.05, 3.63) is 78.1 Å². The van der Waals surface area contributed by atoms with Gasteiger partial charge in [0.05, 0.1) is 29.6 Å². The number of nitrogens with zero attached hydrogens (tertiary/aromatic N) is 3. The predicted molar refractivity (Wildman–Crippen MR) is 137 cm³/mol. The molecule has 2 aromatic rings. The van der Waals surface area contributed by atoms with Crippen LogP contribution in [0.5, 0.6) is 0 Å². The Hall–Kier alpha value is -2.92. The molecule has 0 saturated carbocycles. The van der Waals surface area contributed by atoms with Gasteiger partial charge in [0, 0.05) is 31.1 Å². The van der Waals surface area contributed by atoms with E-state index in [0.717, 1.165) is 46.9 Å². The lowest BCUT2D eigenvalue weighted by Crippen LogP contribution is -2.44. The number of ether oxygens (including phenoxy) is 2. The molecule has 1 aromatic carbocycles. The van der Waals surface area contributed by atoms with Crippen molar-refractivity contribution in [1.82, 2.24) is 9.55 Å². The van der Waals surface area contributed by atoms with E-state index in [0.29, 0.717) is 0 Å². The fourth-order valence-electron chi connectivity index (χ4n) is 4.87. The van der Waals surface area contributed by atoms with Gasteiger partial charge in [-0.15, -0.1) is 0 Å². The van der Waals surface area contributed by atoms with E-state index in [2.05, 4.69) is 74.3 Å². The molecule has 0 spiro atoms. The van der Waals surface area contributed by atoms with Crippen LogP contribution < -0.4 is 0 Å². The van der Waals surface area contributed by atoms with Crippen molar-refractivity contribution in [2.75, 3.05) is 14.2 Å². The lowest BCUT2D eigenvalue weighted by Gasteiger charge is -2.45. The second-order valence-corrected chi connectivity index (χ2v) is 9.75. The molecular weight excluding hydrogens is 410 g/mol. The summed E-state index contributed by atoms with van der Waals surface area (Å²) in [6.45, 7) is 14.7. The molecule has 1 saturated heterocycles. The van der Waals surface area contributed by atoms with Gasteiger partial charge in [0.15, 0.2) is 0 Å². The highest BCUT2D eigenvalue weighted by Crippen LogP contribution is 2.43. The first-order chi connectivity index (χ1) is 15.6. The Bertz CT molecular complexity index is 1050. The van der Waals surface area contributed by atoms with Gasteiger partial charge < -0.3 is 9.47 Å². The third kappa shape index (κ3) is 5.72. The first kappa shape index (κ1) is 24.7. The zero-order valence-electron chi connectivity index (χ0n) is 21.1. The Morgan fingerprint density at radius 3 is 2.33 bits per heavy atom. The molecule has 1 aliphatic rings. The number of hydrogen-bond acceptors (Lipinski definition) is 4. The van der Waals surface area contributed by atoms with Gasteiger partial charge in [-0.25, -0.2) is 4.98 Å². The van der Waals surface area contributed by atoms with E-state index in [1.165, 1.54) is 0 Å². The van der Waals surface area contributed by atoms with Gasteiger partial charge in [0.25, 0.3) is 0 Å². The van der Waals surface area contributed by atoms with E-state index < -0.39 is 0 Å². The molecule has 176 valence electrons. The largest absolute Gasteiger partial charge is 0.496 e. The lowest BCUT2D eigenvalue weighted by atomic mass is 9.79. The average molecular weight is 448 g/mol. The molecule has 0 amide bonds. The number of hydrogen-bond donors (Lipinski definition) is 0. The van der Waals surface area contributed by atoms with Crippen LogP contribution in [0, 0.1) is 0 Å². The Labute approximate surface area is 198 Å². The molecule has 0 unspecified atom stereocenters. The van der Waals surface area contributed by atoms with Crippen molar-refractivity contribution in [1.29, 1.82) is 0 Å². The monoisotopic (exact) mass is 447 g/mol. The number of aromatic nitrogens is 2. The highest BCUT2D eigenvalue weighted by Gasteiger charge is 2.41. The van der Waals surface area contributed by atoms with Crippen molar-refractivity contribution in [2.45, 2.75) is 64.6 Å². The second kappa shape index (κ2) is 9.92. The van der Waals surface area contributed by atoms with Crippen molar-refractivity contribution in [3.63, 3.8) is 0 Å². The van der Waals surface area contributed by atoms with Crippen LogP contribution in [0.1, 0.15) is 70.5 Å². The van der Waals surface area contributed by atoms with Crippen LogP contribution in [0.25, 0.3) is 11.3 Å². The zero-order chi connectivity index (χ0) is 24.2. The van der Waals surface area contributed by atoms with Gasteiger partial charge >= 0.3 is 0 Å². The smallest absolute Gasteiger partial charge is 0.148 e. The number of allylic oxidation sites excluding steroid dienone is 4. The minimum absolute atomic E-state index is 0.211. The highest BCUT2D eigenvalue weighted by atomic mass is 16.5. The van der Waals surface area contributed by atoms with Crippen LogP contribution in [-0.4, -0.2) is 41.1 Å². The van der Waals surface area contributed by atoms with E-state index in [1.54, 1.807) is 14.2 Å². The number of aliphatic imine (C=N–C) groups is 1. The van der Waals surface area contributed by atoms with Crippen LogP contribution in [0.4, 0.5) is 0 Å². The third-order valence-corrected chi connectivity index (χ3v) is 5.87. The van der Waals surface area contributed by atoms with E-state index in [4.69, 9.17) is 14.5 Å². The summed E-state index contributed by atoms with van der Waals surface area (Å²) < 4.78 is 14.2. The Morgan fingerprint density at radius 1 is 1.18 bits per heavy atom. The highest BCUT2D eigenvalue weighted by molar-refractivity contribution is 5.80. The minimum atomic E-state index is -0.211. The molecular formula is C28H37N3O2. The zero-order valence-corrected chi connectivity index (χ0v) is 21.1. The van der Waals surface area contributed by atoms with E-state index >= 15 is 0 Å². The summed E-state index contributed by atoms with van der Waals surface area (Å²) in [5.74, 6) is 1.83. The van der Waals surface area contributed by atoms with E-state index in [-0.39, 0.29) is 17.1 Å². The van der Waals surface area contributed by atoms with Crippen LogP contribution in [-0.2, 0) is 9.47 Å². The van der Waals surface area contributed by atoms with Crippen molar-refractivity contribution >= 4 is 11.8 Å². The summed E-state index contributed by atoms with van der Waals surface area (Å²) in [5.41, 5.74) is 3.57. The molecule has 0 bridgehead atoms. The molecule has 33 heavy (non-hydrogen) atoms. The fourth-order valence-corrected chi connectivity index (χ4v) is 4.87. The molecule has 0 N–H and O–H groups in total. The number of benzene rings is 1. The van der Waals surface area contributed by atoms with Crippen molar-refractivity contribution < 1.29 is 9.47 Å². The molecule has 1 aliphatic heterocycles. The quantitative estimate of drug-likeness (QED) is 0.277. The van der Waals surface area contributed by atoms with Crippen LogP contribution in [0.2, 0.25) is 0 Å². The topological polar surface area (TPSA) is 48.6 Å². The molecule has 5 nitrogen and oxygen atoms in total. The molecule has 2 heterocycles. The Kier molecular flexibility index (Phi) is 7.43. The summed E-state index contributed by atoms with van der Waals surface area (Å²) >= 11 is 0. The Balaban J connectivity index is 2.18. The average Bonchev–Trinajstić information content (AvgIpc) is 3.17. The van der Waals surface area contributed by atoms with Crippen molar-refractivity contribution in [2.24, 2.45) is 4.99 Å². The molecule has 5 heteroatoms. The number of rotatable bonds is 7.